The Morgan fingerprint density at radius 1 is 1.00 bits per heavy atom. The van der Waals surface area contributed by atoms with Gasteiger partial charge in [-0.15, -0.1) is 11.6 Å². The maximum atomic E-state index is 6.72. The lowest BCUT2D eigenvalue weighted by atomic mass is 9.84. The van der Waals surface area contributed by atoms with E-state index >= 15 is 0 Å². The first-order valence-electron chi connectivity index (χ1n) is 7.50. The van der Waals surface area contributed by atoms with Crippen molar-refractivity contribution in [3.63, 3.8) is 0 Å². The fraction of sp³-hybridized carbons (Fsp3) is 0.444. The number of benzene rings is 2. The zero-order valence-electron chi connectivity index (χ0n) is 11.9. The molecule has 0 saturated heterocycles. The lowest BCUT2D eigenvalue weighted by Crippen LogP contribution is -2.12. The third-order valence-electron chi connectivity index (χ3n) is 4.45. The van der Waals surface area contributed by atoms with Gasteiger partial charge in [-0.25, -0.2) is 0 Å². The molecule has 106 valence electrons. The van der Waals surface area contributed by atoms with Crippen molar-refractivity contribution in [1.82, 2.24) is 0 Å². The Hall–Kier alpha value is -1.21. The van der Waals surface area contributed by atoms with Crippen LogP contribution < -0.4 is 4.74 Å². The van der Waals surface area contributed by atoms with E-state index in [0.717, 1.165) is 5.75 Å². The average Bonchev–Trinajstić information content (AvgIpc) is 2.54. The normalized spacial score (nSPS) is 18.1. The molecule has 1 atom stereocenters. The lowest BCUT2D eigenvalue weighted by Gasteiger charge is -2.26. The Bertz CT molecular complexity index is 587. The van der Waals surface area contributed by atoms with Gasteiger partial charge in [0.2, 0.25) is 0 Å². The van der Waals surface area contributed by atoms with Crippen LogP contribution in [0.15, 0.2) is 36.4 Å². The highest BCUT2D eigenvalue weighted by Crippen LogP contribution is 2.39. The molecule has 20 heavy (non-hydrogen) atoms. The maximum absolute atomic E-state index is 6.72. The molecule has 0 amide bonds. The molecule has 1 unspecified atom stereocenters. The summed E-state index contributed by atoms with van der Waals surface area (Å²) in [5, 5.41) is 2.60. The van der Waals surface area contributed by atoms with Gasteiger partial charge in [-0.1, -0.05) is 37.5 Å². The summed E-state index contributed by atoms with van der Waals surface area (Å²) < 4.78 is 5.27. The van der Waals surface area contributed by atoms with Gasteiger partial charge in [0.05, 0.1) is 12.5 Å². The van der Waals surface area contributed by atoms with E-state index < -0.39 is 0 Å². The Kier molecular flexibility index (Phi) is 4.16. The van der Waals surface area contributed by atoms with Crippen molar-refractivity contribution < 1.29 is 4.74 Å². The van der Waals surface area contributed by atoms with Crippen LogP contribution in [0.3, 0.4) is 0 Å². The molecule has 0 aliphatic heterocycles. The minimum absolute atomic E-state index is 0.154. The van der Waals surface area contributed by atoms with Crippen LogP contribution in [-0.2, 0) is 0 Å². The molecule has 2 heteroatoms. The Labute approximate surface area is 125 Å². The van der Waals surface area contributed by atoms with Crippen molar-refractivity contribution in [3.8, 4) is 5.75 Å². The summed E-state index contributed by atoms with van der Waals surface area (Å²) >= 11 is 6.72. The number of halogens is 1. The number of ether oxygens (including phenoxy) is 1. The minimum Gasteiger partial charge on any atom is -0.497 e. The standard InChI is InChI=1S/C18H21ClO/c1-20-17-10-9-14-11-16(8-7-15(14)12-17)18(19)13-5-3-2-4-6-13/h7-13,18H,2-6H2,1H3. The maximum Gasteiger partial charge on any atom is 0.119 e. The van der Waals surface area contributed by atoms with Gasteiger partial charge in [-0.3, -0.25) is 0 Å². The van der Waals surface area contributed by atoms with E-state index in [-0.39, 0.29) is 5.38 Å². The third-order valence-corrected chi connectivity index (χ3v) is 5.06. The number of methoxy groups -OCH3 is 1. The van der Waals surface area contributed by atoms with Gasteiger partial charge in [0.15, 0.2) is 0 Å². The third kappa shape index (κ3) is 2.78. The van der Waals surface area contributed by atoms with Crippen LogP contribution in [0.25, 0.3) is 10.8 Å². The molecule has 0 heterocycles. The molecule has 0 bridgehead atoms. The van der Waals surface area contributed by atoms with Crippen molar-refractivity contribution in [2.75, 3.05) is 7.11 Å². The summed E-state index contributed by atoms with van der Waals surface area (Å²) in [6.45, 7) is 0. The zero-order chi connectivity index (χ0) is 13.9. The van der Waals surface area contributed by atoms with Gasteiger partial charge in [0.25, 0.3) is 0 Å². The van der Waals surface area contributed by atoms with Crippen LogP contribution in [-0.4, -0.2) is 7.11 Å². The molecule has 0 radical (unpaired) electrons. The zero-order valence-corrected chi connectivity index (χ0v) is 12.7. The molecule has 0 N–H and O–H groups in total. The summed E-state index contributed by atoms with van der Waals surface area (Å²) in [7, 11) is 1.70. The van der Waals surface area contributed by atoms with Crippen LogP contribution >= 0.6 is 11.6 Å². The summed E-state index contributed by atoms with van der Waals surface area (Å²) in [4.78, 5) is 0. The highest BCUT2D eigenvalue weighted by atomic mass is 35.5. The molecule has 1 saturated carbocycles. The van der Waals surface area contributed by atoms with Crippen molar-refractivity contribution in [2.45, 2.75) is 37.5 Å². The lowest BCUT2D eigenvalue weighted by molar-refractivity contribution is 0.348. The topological polar surface area (TPSA) is 9.23 Å². The second-order valence-corrected chi connectivity index (χ2v) is 6.24. The Morgan fingerprint density at radius 3 is 2.45 bits per heavy atom. The predicted molar refractivity (Wildman–Crippen MR) is 85.7 cm³/mol. The summed E-state index contributed by atoms with van der Waals surface area (Å²) in [6, 6.07) is 12.8. The molecule has 0 spiro atoms. The Morgan fingerprint density at radius 2 is 1.70 bits per heavy atom. The number of hydrogen-bond donors (Lipinski definition) is 0. The molecule has 1 fully saturated rings. The first-order valence-corrected chi connectivity index (χ1v) is 7.93. The quantitative estimate of drug-likeness (QED) is 0.657. The first kappa shape index (κ1) is 13.8. The summed E-state index contributed by atoms with van der Waals surface area (Å²) in [5.74, 6) is 1.54. The van der Waals surface area contributed by atoms with Crippen LogP contribution in [0.5, 0.6) is 5.75 Å². The van der Waals surface area contributed by atoms with Gasteiger partial charge in [-0.05, 0) is 53.3 Å². The van der Waals surface area contributed by atoms with E-state index in [1.807, 2.05) is 6.07 Å². The van der Waals surface area contributed by atoms with E-state index in [1.165, 1.54) is 48.4 Å². The molecular weight excluding hydrogens is 268 g/mol. The summed E-state index contributed by atoms with van der Waals surface area (Å²) in [6.07, 6.45) is 6.58. The highest BCUT2D eigenvalue weighted by molar-refractivity contribution is 6.21. The van der Waals surface area contributed by atoms with Crippen molar-refractivity contribution >= 4 is 22.4 Å². The second kappa shape index (κ2) is 6.05. The fourth-order valence-electron chi connectivity index (χ4n) is 3.24. The van der Waals surface area contributed by atoms with E-state index in [0.29, 0.717) is 5.92 Å². The molecule has 0 aromatic heterocycles. The number of fused-ring (bicyclic) bond motifs is 1. The highest BCUT2D eigenvalue weighted by Gasteiger charge is 2.23. The molecule has 1 nitrogen and oxygen atoms in total. The average molecular weight is 289 g/mol. The van der Waals surface area contributed by atoms with Gasteiger partial charge in [0.1, 0.15) is 5.75 Å². The van der Waals surface area contributed by atoms with Crippen LogP contribution in [0.4, 0.5) is 0 Å². The fourth-order valence-corrected chi connectivity index (χ4v) is 3.63. The van der Waals surface area contributed by atoms with Crippen LogP contribution in [0.2, 0.25) is 0 Å². The first-order chi connectivity index (χ1) is 9.78. The van der Waals surface area contributed by atoms with Crippen molar-refractivity contribution in [1.29, 1.82) is 0 Å². The van der Waals surface area contributed by atoms with Gasteiger partial charge < -0.3 is 4.74 Å². The second-order valence-electron chi connectivity index (χ2n) is 5.77. The monoisotopic (exact) mass is 288 g/mol. The minimum atomic E-state index is 0.154. The molecule has 2 aromatic carbocycles. The van der Waals surface area contributed by atoms with E-state index in [1.54, 1.807) is 7.11 Å². The van der Waals surface area contributed by atoms with Crippen molar-refractivity contribution in [3.05, 3.63) is 42.0 Å². The van der Waals surface area contributed by atoms with E-state index in [2.05, 4.69) is 30.3 Å². The van der Waals surface area contributed by atoms with Gasteiger partial charge in [-0.2, -0.15) is 0 Å². The smallest absolute Gasteiger partial charge is 0.119 e. The number of rotatable bonds is 3. The van der Waals surface area contributed by atoms with E-state index in [4.69, 9.17) is 16.3 Å². The number of hydrogen-bond acceptors (Lipinski definition) is 1. The SMILES string of the molecule is COc1ccc2cc(C(Cl)C3CCCCC3)ccc2c1. The van der Waals surface area contributed by atoms with Crippen LogP contribution in [0.1, 0.15) is 43.0 Å². The largest absolute Gasteiger partial charge is 0.497 e. The molecule has 3 rings (SSSR count). The van der Waals surface area contributed by atoms with Crippen molar-refractivity contribution in [2.24, 2.45) is 5.92 Å². The van der Waals surface area contributed by atoms with Gasteiger partial charge in [0, 0.05) is 0 Å². The summed E-state index contributed by atoms with van der Waals surface area (Å²) in [5.41, 5.74) is 1.26. The predicted octanol–water partition coefficient (Wildman–Crippen LogP) is 5.71. The Balaban J connectivity index is 1.88. The van der Waals surface area contributed by atoms with Crippen LogP contribution in [0, 0.1) is 5.92 Å². The molecule has 1 aliphatic rings. The molecular formula is C18H21ClO. The molecule has 2 aromatic rings. The van der Waals surface area contributed by atoms with Gasteiger partial charge >= 0.3 is 0 Å². The number of alkyl halides is 1. The molecule has 1 aliphatic carbocycles. The van der Waals surface area contributed by atoms with E-state index in [9.17, 15) is 0 Å².